The number of alkyl carbamates (subject to hydrolysis) is 1. The summed E-state index contributed by atoms with van der Waals surface area (Å²) in [5.74, 6) is 1.55. The summed E-state index contributed by atoms with van der Waals surface area (Å²) in [4.78, 5) is 24.1. The first-order valence-corrected chi connectivity index (χ1v) is 14.7. The van der Waals surface area contributed by atoms with E-state index in [4.69, 9.17) is 9.15 Å². The zero-order valence-electron chi connectivity index (χ0n) is 22.5. The van der Waals surface area contributed by atoms with E-state index in [9.17, 15) is 14.7 Å². The molecule has 37 heavy (non-hydrogen) atoms. The van der Waals surface area contributed by atoms with E-state index in [2.05, 4.69) is 24.5 Å². The van der Waals surface area contributed by atoms with Crippen LogP contribution in [0, 0.1) is 28.6 Å². The lowest BCUT2D eigenvalue weighted by Gasteiger charge is -2.63. The van der Waals surface area contributed by atoms with Crippen molar-refractivity contribution < 1.29 is 19.1 Å². The summed E-state index contributed by atoms with van der Waals surface area (Å²) >= 11 is 0. The van der Waals surface area contributed by atoms with E-state index in [-0.39, 0.29) is 40.6 Å². The Kier molecular flexibility index (Phi) is 6.46. The first-order chi connectivity index (χ1) is 17.7. The molecule has 0 spiro atoms. The molecule has 3 unspecified atom stereocenters. The number of hydrogen-bond acceptors (Lipinski definition) is 6. The third-order valence-electron chi connectivity index (χ3n) is 11.9. The average molecular weight is 513 g/mol. The lowest BCUT2D eigenvalue weighted by atomic mass is 9.43. The van der Waals surface area contributed by atoms with E-state index in [0.717, 1.165) is 89.3 Å². The molecule has 1 aromatic rings. The summed E-state index contributed by atoms with van der Waals surface area (Å²) in [7, 11) is 0. The van der Waals surface area contributed by atoms with E-state index in [0.29, 0.717) is 17.8 Å². The highest BCUT2D eigenvalue weighted by Crippen LogP contribution is 2.70. The number of rotatable bonds is 3. The molecule has 5 fully saturated rings. The largest absolute Gasteiger partial charge is 0.446 e. The quantitative estimate of drug-likeness (QED) is 0.541. The van der Waals surface area contributed by atoms with Crippen molar-refractivity contribution in [3.05, 3.63) is 34.4 Å². The molecule has 7 nitrogen and oxygen atoms in total. The minimum absolute atomic E-state index is 0.00289. The Morgan fingerprint density at radius 1 is 1.03 bits per heavy atom. The van der Waals surface area contributed by atoms with Gasteiger partial charge in [-0.2, -0.15) is 0 Å². The van der Waals surface area contributed by atoms with Gasteiger partial charge in [-0.05, 0) is 124 Å². The molecule has 0 bridgehead atoms. The zero-order chi connectivity index (χ0) is 25.8. The standard InChI is InChI=1S/C30H44N2O5/c1-28-12-7-22(37-27(34)32-21-10-15-31-16-11-21)17-20(28)4-5-25-24(28)8-13-29(2)23(9-14-30(25,29)35)19-3-6-26(33)36-18-19/h3,6,18,20-25,31,35H,4-5,7-17H2,1-2H3,(H,32,34)/t20-,22+,23-,24?,25?,28+,29-,30?/m1/s1. The Morgan fingerprint density at radius 2 is 1.84 bits per heavy atom. The predicted octanol–water partition coefficient (Wildman–Crippen LogP) is 4.73. The molecule has 6 rings (SSSR count). The first kappa shape index (κ1) is 25.4. The van der Waals surface area contributed by atoms with Crippen LogP contribution in [0.15, 0.2) is 27.6 Å². The van der Waals surface area contributed by atoms with Crippen molar-refractivity contribution >= 4 is 6.09 Å². The van der Waals surface area contributed by atoms with Crippen LogP contribution in [0.25, 0.3) is 0 Å². The minimum Gasteiger partial charge on any atom is -0.446 e. The second-order valence-corrected chi connectivity index (χ2v) is 13.3. The molecule has 7 heteroatoms. The average Bonchev–Trinajstić information content (AvgIpc) is 3.16. The molecular formula is C30H44N2O5. The number of amides is 1. The summed E-state index contributed by atoms with van der Waals surface area (Å²) in [5.41, 5.74) is 0.0253. The summed E-state index contributed by atoms with van der Waals surface area (Å²) in [6.07, 6.45) is 12.2. The second kappa shape index (κ2) is 9.41. The van der Waals surface area contributed by atoms with Crippen LogP contribution >= 0.6 is 0 Å². The van der Waals surface area contributed by atoms with E-state index in [1.165, 1.54) is 6.07 Å². The highest BCUT2D eigenvalue weighted by atomic mass is 16.6. The van der Waals surface area contributed by atoms with Crippen molar-refractivity contribution in [3.63, 3.8) is 0 Å². The number of aliphatic hydroxyl groups is 1. The van der Waals surface area contributed by atoms with Gasteiger partial charge in [-0.15, -0.1) is 0 Å². The Bertz CT molecular complexity index is 1050. The Balaban J connectivity index is 1.14. The monoisotopic (exact) mass is 512 g/mol. The fourth-order valence-corrected chi connectivity index (χ4v) is 9.71. The van der Waals surface area contributed by atoms with Crippen LogP contribution in [-0.2, 0) is 4.74 Å². The van der Waals surface area contributed by atoms with Gasteiger partial charge in [0.2, 0.25) is 0 Å². The second-order valence-electron chi connectivity index (χ2n) is 13.3. The zero-order valence-corrected chi connectivity index (χ0v) is 22.5. The number of carbonyl (C=O) groups excluding carboxylic acids is 1. The van der Waals surface area contributed by atoms with Crippen LogP contribution in [-0.4, -0.2) is 42.0 Å². The molecule has 1 saturated heterocycles. The number of ether oxygens (including phenoxy) is 1. The van der Waals surface area contributed by atoms with Gasteiger partial charge in [0, 0.05) is 17.5 Å². The van der Waals surface area contributed by atoms with E-state index < -0.39 is 5.60 Å². The molecule has 1 aliphatic heterocycles. The van der Waals surface area contributed by atoms with Gasteiger partial charge in [0.25, 0.3) is 0 Å². The van der Waals surface area contributed by atoms with Gasteiger partial charge >= 0.3 is 11.7 Å². The molecule has 3 N–H and O–H groups in total. The summed E-state index contributed by atoms with van der Waals surface area (Å²) in [6.45, 7) is 6.65. The van der Waals surface area contributed by atoms with Crippen molar-refractivity contribution in [2.24, 2.45) is 28.6 Å². The normalized spacial score (nSPS) is 43.8. The highest BCUT2D eigenvalue weighted by molar-refractivity contribution is 5.67. The van der Waals surface area contributed by atoms with Crippen molar-refractivity contribution in [1.82, 2.24) is 10.6 Å². The van der Waals surface area contributed by atoms with Gasteiger partial charge in [-0.25, -0.2) is 9.59 Å². The molecule has 0 radical (unpaired) electrons. The fourth-order valence-electron chi connectivity index (χ4n) is 9.71. The molecule has 5 aliphatic rings. The van der Waals surface area contributed by atoms with Crippen molar-refractivity contribution in [3.8, 4) is 0 Å². The van der Waals surface area contributed by atoms with Gasteiger partial charge in [0.05, 0.1) is 11.9 Å². The van der Waals surface area contributed by atoms with Crippen LogP contribution in [0.4, 0.5) is 4.79 Å². The minimum atomic E-state index is -0.688. The number of hydrogen-bond donors (Lipinski definition) is 3. The molecule has 4 saturated carbocycles. The molecule has 204 valence electrons. The van der Waals surface area contributed by atoms with Crippen LogP contribution in [0.2, 0.25) is 0 Å². The highest BCUT2D eigenvalue weighted by Gasteiger charge is 2.67. The molecule has 2 heterocycles. The third kappa shape index (κ3) is 4.15. The van der Waals surface area contributed by atoms with Gasteiger partial charge in [-0.1, -0.05) is 13.8 Å². The summed E-state index contributed by atoms with van der Waals surface area (Å²) in [5, 5.41) is 18.8. The summed E-state index contributed by atoms with van der Waals surface area (Å²) < 4.78 is 11.2. The fraction of sp³-hybridized carbons (Fsp3) is 0.800. The molecule has 1 aromatic heterocycles. The van der Waals surface area contributed by atoms with Crippen LogP contribution in [0.1, 0.15) is 96.0 Å². The Labute approximate surface area is 220 Å². The molecule has 4 aliphatic carbocycles. The maximum absolute atomic E-state index is 12.6. The van der Waals surface area contributed by atoms with Crippen molar-refractivity contribution in [1.29, 1.82) is 0 Å². The maximum Gasteiger partial charge on any atom is 0.407 e. The Hall–Kier alpha value is -1.86. The molecule has 1 amide bonds. The SMILES string of the molecule is C[C@]12CC[C@H](OC(=O)NC3CCNCC3)C[C@H]1CCC1C2CC[C@]2(C)[C@@H](c3ccc(=O)oc3)CCC12O. The molecule has 8 atom stereocenters. The van der Waals surface area contributed by atoms with E-state index in [1.807, 2.05) is 6.07 Å². The number of carbonyl (C=O) groups is 1. The van der Waals surface area contributed by atoms with Gasteiger partial charge in [0.15, 0.2) is 0 Å². The van der Waals surface area contributed by atoms with Crippen LogP contribution < -0.4 is 16.3 Å². The number of fused-ring (bicyclic) bond motifs is 5. The molecule has 0 aromatic carbocycles. The van der Waals surface area contributed by atoms with Gasteiger partial charge < -0.3 is 24.9 Å². The van der Waals surface area contributed by atoms with Crippen molar-refractivity contribution in [2.45, 2.75) is 108 Å². The van der Waals surface area contributed by atoms with Gasteiger partial charge in [-0.3, -0.25) is 0 Å². The first-order valence-electron chi connectivity index (χ1n) is 14.7. The van der Waals surface area contributed by atoms with Crippen LogP contribution in [0.3, 0.4) is 0 Å². The van der Waals surface area contributed by atoms with Gasteiger partial charge in [0.1, 0.15) is 6.10 Å². The van der Waals surface area contributed by atoms with E-state index in [1.54, 1.807) is 6.26 Å². The van der Waals surface area contributed by atoms with Crippen molar-refractivity contribution in [2.75, 3.05) is 13.1 Å². The third-order valence-corrected chi connectivity index (χ3v) is 11.9. The smallest absolute Gasteiger partial charge is 0.407 e. The predicted molar refractivity (Wildman–Crippen MR) is 140 cm³/mol. The Morgan fingerprint density at radius 3 is 2.59 bits per heavy atom. The summed E-state index contributed by atoms with van der Waals surface area (Å²) in [6, 6.07) is 3.64. The molecular weight excluding hydrogens is 468 g/mol. The lowest BCUT2D eigenvalue weighted by molar-refractivity contribution is -0.205. The number of nitrogens with one attached hydrogen (secondary N) is 2. The number of piperidine rings is 1. The lowest BCUT2D eigenvalue weighted by Crippen LogP contribution is -2.62. The maximum atomic E-state index is 12.6. The van der Waals surface area contributed by atoms with Crippen LogP contribution in [0.5, 0.6) is 0 Å². The van der Waals surface area contributed by atoms with E-state index >= 15 is 0 Å². The topological polar surface area (TPSA) is 101 Å².